The second-order valence-corrected chi connectivity index (χ2v) is 9.96. The smallest absolute Gasteiger partial charge is 0.404 e. The predicted octanol–water partition coefficient (Wildman–Crippen LogP) is 2.82. The van der Waals surface area contributed by atoms with Gasteiger partial charge in [-0.2, -0.15) is 0 Å². The molecule has 0 aromatic heterocycles. The summed E-state index contributed by atoms with van der Waals surface area (Å²) in [6.07, 6.45) is 0.0100. The Kier molecular flexibility index (Phi) is 6.25. The molecule has 2 saturated carbocycles. The van der Waals surface area contributed by atoms with E-state index < -0.39 is 47.3 Å². The van der Waals surface area contributed by atoms with Crippen LogP contribution in [0.3, 0.4) is 0 Å². The van der Waals surface area contributed by atoms with Gasteiger partial charge in [0, 0.05) is 17.3 Å². The summed E-state index contributed by atoms with van der Waals surface area (Å²) in [5.41, 5.74) is 2.77. The van der Waals surface area contributed by atoms with Crippen molar-refractivity contribution in [1.29, 1.82) is 0 Å². The van der Waals surface area contributed by atoms with E-state index in [1.54, 1.807) is 6.92 Å². The largest absolute Gasteiger partial charge is 0.443 e. The van der Waals surface area contributed by atoms with Gasteiger partial charge >= 0.3 is 6.09 Å². The highest BCUT2D eigenvalue weighted by molar-refractivity contribution is 5.65. The number of carbonyl (C=O) groups excluding carboxylic acids is 1. The lowest BCUT2D eigenvalue weighted by Crippen LogP contribution is -2.75. The number of carbonyl (C=O) groups is 1. The lowest BCUT2D eigenvalue weighted by molar-refractivity contribution is -0.304. The summed E-state index contributed by atoms with van der Waals surface area (Å²) in [5.74, 6) is -0.538. The van der Waals surface area contributed by atoms with Crippen molar-refractivity contribution in [2.45, 2.75) is 97.6 Å². The van der Waals surface area contributed by atoms with Crippen LogP contribution in [0.2, 0.25) is 0 Å². The molecule has 5 N–H and O–H groups in total. The Morgan fingerprint density at radius 2 is 1.89 bits per heavy atom. The molecule has 0 spiro atoms. The highest BCUT2D eigenvalue weighted by Crippen LogP contribution is 2.64. The van der Waals surface area contributed by atoms with Crippen LogP contribution in [0.5, 0.6) is 0 Å². The highest BCUT2D eigenvalue weighted by Gasteiger charge is 2.70. The Morgan fingerprint density at radius 1 is 1.30 bits per heavy atom. The molecule has 158 valence electrons. The minimum Gasteiger partial charge on any atom is -0.443 e. The van der Waals surface area contributed by atoms with Crippen molar-refractivity contribution < 1.29 is 24.9 Å². The van der Waals surface area contributed by atoms with E-state index in [0.29, 0.717) is 18.8 Å². The van der Waals surface area contributed by atoms with E-state index in [1.165, 1.54) is 0 Å². The third-order valence-corrected chi connectivity index (χ3v) is 8.07. The van der Waals surface area contributed by atoms with E-state index in [9.17, 15) is 20.1 Å². The molecule has 0 heterocycles. The number of hydrogen-bond donors (Lipinski definition) is 4. The van der Waals surface area contributed by atoms with Crippen LogP contribution in [0.15, 0.2) is 0 Å². The summed E-state index contributed by atoms with van der Waals surface area (Å²) in [5, 5.41) is 34.3. The van der Waals surface area contributed by atoms with Crippen molar-refractivity contribution in [1.82, 2.24) is 0 Å². The first-order valence-electron chi connectivity index (χ1n) is 10.4. The van der Waals surface area contributed by atoms with Crippen LogP contribution in [0.4, 0.5) is 4.79 Å². The maximum absolute atomic E-state index is 12.0. The van der Waals surface area contributed by atoms with Crippen LogP contribution in [0, 0.1) is 28.6 Å². The summed E-state index contributed by atoms with van der Waals surface area (Å²) in [4.78, 5) is 11.5. The molecule has 0 aromatic carbocycles. The SMILES string of the molecule is CC[C@@H](C)CC[C@]1(O)[C@@H](C)[C@H](OC(N)=O)[C@H](O)[C@H]2C(C)(C)CC[C@@H](O)[C@@]21C. The molecule has 0 bridgehead atoms. The van der Waals surface area contributed by atoms with Crippen molar-refractivity contribution >= 4 is 6.09 Å². The molecule has 0 saturated heterocycles. The summed E-state index contributed by atoms with van der Waals surface area (Å²) < 4.78 is 5.31. The number of ether oxygens (including phenoxy) is 1. The number of hydrogen-bond acceptors (Lipinski definition) is 5. The fraction of sp³-hybridized carbons (Fsp3) is 0.952. The van der Waals surface area contributed by atoms with Crippen molar-refractivity contribution in [2.75, 3.05) is 0 Å². The van der Waals surface area contributed by atoms with Gasteiger partial charge in [-0.25, -0.2) is 4.79 Å². The summed E-state index contributed by atoms with van der Waals surface area (Å²) >= 11 is 0. The average Bonchev–Trinajstić information content (AvgIpc) is 2.58. The van der Waals surface area contributed by atoms with Crippen LogP contribution in [-0.4, -0.2) is 45.3 Å². The first-order valence-corrected chi connectivity index (χ1v) is 10.4. The van der Waals surface area contributed by atoms with Gasteiger partial charge in [0.15, 0.2) is 0 Å². The van der Waals surface area contributed by atoms with Crippen LogP contribution in [-0.2, 0) is 4.74 Å². The van der Waals surface area contributed by atoms with Crippen molar-refractivity contribution in [3.63, 3.8) is 0 Å². The van der Waals surface area contributed by atoms with E-state index in [0.717, 1.165) is 19.3 Å². The van der Waals surface area contributed by atoms with Crippen LogP contribution in [0.25, 0.3) is 0 Å². The Balaban J connectivity index is 2.56. The summed E-state index contributed by atoms with van der Waals surface area (Å²) in [6, 6.07) is 0. The van der Waals surface area contributed by atoms with Crippen molar-refractivity contribution in [3.05, 3.63) is 0 Å². The molecule has 2 rings (SSSR count). The summed E-state index contributed by atoms with van der Waals surface area (Å²) in [7, 11) is 0. The van der Waals surface area contributed by atoms with Crippen molar-refractivity contribution in [2.24, 2.45) is 34.3 Å². The minimum absolute atomic E-state index is 0.322. The second kappa shape index (κ2) is 7.53. The Bertz CT molecular complexity index is 553. The quantitative estimate of drug-likeness (QED) is 0.581. The number of nitrogens with two attached hydrogens (primary N) is 1. The van der Waals surface area contributed by atoms with Gasteiger partial charge in [0.25, 0.3) is 0 Å². The molecule has 0 aliphatic heterocycles. The van der Waals surface area contributed by atoms with Gasteiger partial charge in [0.05, 0.1) is 17.8 Å². The van der Waals surface area contributed by atoms with Crippen LogP contribution < -0.4 is 5.73 Å². The first kappa shape index (κ1) is 22.4. The van der Waals surface area contributed by atoms with Gasteiger partial charge in [-0.05, 0) is 37.0 Å². The Morgan fingerprint density at radius 3 is 2.41 bits per heavy atom. The highest BCUT2D eigenvalue weighted by atomic mass is 16.6. The standard InChI is InChI=1S/C21H39NO5/c1-7-12(2)8-11-21(26)13(3)16(27-18(22)25)15(24)17-19(4,5)10-9-14(23)20(17,21)6/h12-17,23-24,26H,7-11H2,1-6H3,(H2,22,25)/t12-,13+,14-,15+,16+,17+,20+,21+/m1/s1. The molecule has 0 unspecified atom stereocenters. The lowest BCUT2D eigenvalue weighted by atomic mass is 9.41. The maximum Gasteiger partial charge on any atom is 0.404 e. The third-order valence-electron chi connectivity index (χ3n) is 8.07. The topological polar surface area (TPSA) is 113 Å². The monoisotopic (exact) mass is 385 g/mol. The molecule has 2 aliphatic rings. The molecule has 6 nitrogen and oxygen atoms in total. The van der Waals surface area contributed by atoms with Gasteiger partial charge < -0.3 is 25.8 Å². The molecule has 2 aliphatic carbocycles. The zero-order valence-corrected chi connectivity index (χ0v) is 17.7. The fourth-order valence-corrected chi connectivity index (χ4v) is 6.08. The van der Waals surface area contributed by atoms with E-state index >= 15 is 0 Å². The molecule has 1 amide bonds. The normalized spacial score (nSPS) is 45.0. The van der Waals surface area contributed by atoms with Gasteiger partial charge in [-0.3, -0.25) is 0 Å². The van der Waals surface area contributed by atoms with Gasteiger partial charge in [0.1, 0.15) is 6.10 Å². The first-order chi connectivity index (χ1) is 12.3. The van der Waals surface area contributed by atoms with Gasteiger partial charge in [-0.1, -0.05) is 48.0 Å². The van der Waals surface area contributed by atoms with E-state index in [-0.39, 0.29) is 5.41 Å². The molecule has 27 heavy (non-hydrogen) atoms. The third kappa shape index (κ3) is 3.49. The number of aliphatic hydroxyl groups excluding tert-OH is 2. The van der Waals surface area contributed by atoms with Crippen LogP contribution in [0.1, 0.15) is 73.6 Å². The molecule has 0 aromatic rings. The van der Waals surface area contributed by atoms with Crippen molar-refractivity contribution in [3.8, 4) is 0 Å². The summed E-state index contributed by atoms with van der Waals surface area (Å²) in [6.45, 7) is 12.1. The molecular formula is C21H39NO5. The molecule has 2 fully saturated rings. The molecule has 0 radical (unpaired) electrons. The lowest BCUT2D eigenvalue weighted by Gasteiger charge is -2.67. The van der Waals surface area contributed by atoms with E-state index in [2.05, 4.69) is 27.7 Å². The fourth-order valence-electron chi connectivity index (χ4n) is 6.08. The Hall–Kier alpha value is -0.850. The number of amides is 1. The average molecular weight is 386 g/mol. The van der Waals surface area contributed by atoms with E-state index in [1.807, 2.05) is 6.92 Å². The number of primary amides is 1. The van der Waals surface area contributed by atoms with Gasteiger partial charge in [0.2, 0.25) is 0 Å². The van der Waals surface area contributed by atoms with E-state index in [4.69, 9.17) is 10.5 Å². The molecular weight excluding hydrogens is 346 g/mol. The molecule has 8 atom stereocenters. The number of rotatable bonds is 5. The zero-order valence-electron chi connectivity index (χ0n) is 17.7. The number of fused-ring (bicyclic) bond motifs is 1. The van der Waals surface area contributed by atoms with Gasteiger partial charge in [-0.15, -0.1) is 0 Å². The minimum atomic E-state index is -1.28. The van der Waals surface area contributed by atoms with Crippen LogP contribution >= 0.6 is 0 Å². The number of aliphatic hydroxyl groups is 3. The predicted molar refractivity (Wildman–Crippen MR) is 104 cm³/mol. The Labute approximate surface area is 163 Å². The second-order valence-electron chi connectivity index (χ2n) is 9.96. The molecule has 6 heteroatoms. The maximum atomic E-state index is 12.0. The zero-order chi connectivity index (χ0) is 20.8.